The SMILES string of the molecule is CC(C)(C)OC(=O)N1CCC2(CC=C(C3CC3)C2=N[S@](=O)C(C)(C)C)CC1. The van der Waals surface area contributed by atoms with E-state index in [2.05, 4.69) is 6.08 Å². The standard InChI is InChI=1S/C21H34N2O3S/c1-19(2,3)26-18(24)23-13-11-21(12-14-23)10-9-16(15-7-8-15)17(21)22-27(25)20(4,5)6/h9,15H,7-8,10-14H2,1-6H3/t27-/m1/s1. The Morgan fingerprint density at radius 2 is 1.78 bits per heavy atom. The van der Waals surface area contributed by atoms with Gasteiger partial charge in [0.05, 0.1) is 10.5 Å². The minimum Gasteiger partial charge on any atom is -0.444 e. The summed E-state index contributed by atoms with van der Waals surface area (Å²) < 4.78 is 22.7. The Bertz CT molecular complexity index is 685. The molecule has 0 unspecified atom stereocenters. The van der Waals surface area contributed by atoms with Crippen LogP contribution in [0.25, 0.3) is 0 Å². The molecule has 1 aliphatic heterocycles. The number of piperidine rings is 1. The quantitative estimate of drug-likeness (QED) is 0.685. The highest BCUT2D eigenvalue weighted by Gasteiger charge is 2.48. The van der Waals surface area contributed by atoms with Crippen LogP contribution in [0.4, 0.5) is 4.79 Å². The predicted molar refractivity (Wildman–Crippen MR) is 110 cm³/mol. The fourth-order valence-electron chi connectivity index (χ4n) is 3.81. The first kappa shape index (κ1) is 20.6. The summed E-state index contributed by atoms with van der Waals surface area (Å²) in [6.45, 7) is 12.9. The van der Waals surface area contributed by atoms with Crippen molar-refractivity contribution >= 4 is 22.8 Å². The van der Waals surface area contributed by atoms with Gasteiger partial charge in [-0.05, 0) is 85.1 Å². The average molecular weight is 395 g/mol. The third kappa shape index (κ3) is 4.64. The van der Waals surface area contributed by atoms with Crippen LogP contribution < -0.4 is 0 Å². The van der Waals surface area contributed by atoms with Gasteiger partial charge in [-0.3, -0.25) is 0 Å². The van der Waals surface area contributed by atoms with Gasteiger partial charge in [-0.25, -0.2) is 9.00 Å². The molecule has 0 aromatic rings. The number of likely N-dealkylation sites (tertiary alicyclic amines) is 1. The molecule has 152 valence electrons. The fourth-order valence-corrected chi connectivity index (χ4v) is 4.55. The van der Waals surface area contributed by atoms with Gasteiger partial charge < -0.3 is 9.64 Å². The van der Waals surface area contributed by atoms with Crippen molar-refractivity contribution in [2.75, 3.05) is 13.1 Å². The summed E-state index contributed by atoms with van der Waals surface area (Å²) in [4.78, 5) is 14.2. The Labute approximate surface area is 166 Å². The topological polar surface area (TPSA) is 59.0 Å². The number of nitrogens with zero attached hydrogens (tertiary/aromatic N) is 2. The van der Waals surface area contributed by atoms with Gasteiger partial charge in [0.1, 0.15) is 16.6 Å². The van der Waals surface area contributed by atoms with E-state index in [-0.39, 0.29) is 16.3 Å². The second kappa shape index (κ2) is 7.02. The Kier molecular flexibility index (Phi) is 5.34. The molecule has 2 fully saturated rings. The lowest BCUT2D eigenvalue weighted by Crippen LogP contribution is -2.47. The summed E-state index contributed by atoms with van der Waals surface area (Å²) in [6.07, 6.45) is 7.21. The van der Waals surface area contributed by atoms with Crippen LogP contribution in [0.2, 0.25) is 0 Å². The predicted octanol–water partition coefficient (Wildman–Crippen LogP) is 4.65. The van der Waals surface area contributed by atoms with Crippen LogP contribution in [-0.2, 0) is 15.7 Å². The smallest absolute Gasteiger partial charge is 0.410 e. The van der Waals surface area contributed by atoms with E-state index in [1.54, 1.807) is 0 Å². The molecule has 3 aliphatic rings. The molecule has 1 amide bonds. The fraction of sp³-hybridized carbons (Fsp3) is 0.810. The van der Waals surface area contributed by atoms with Crippen LogP contribution in [0, 0.1) is 11.3 Å². The van der Waals surface area contributed by atoms with Gasteiger partial charge in [-0.1, -0.05) is 6.08 Å². The van der Waals surface area contributed by atoms with Crippen LogP contribution in [0.1, 0.15) is 73.6 Å². The summed E-state index contributed by atoms with van der Waals surface area (Å²) in [5.74, 6) is 0.601. The Morgan fingerprint density at radius 3 is 2.26 bits per heavy atom. The van der Waals surface area contributed by atoms with Gasteiger partial charge in [0.2, 0.25) is 0 Å². The van der Waals surface area contributed by atoms with Crippen LogP contribution in [-0.4, -0.2) is 44.4 Å². The highest BCUT2D eigenvalue weighted by atomic mass is 32.2. The van der Waals surface area contributed by atoms with Crippen LogP contribution in [0.3, 0.4) is 0 Å². The van der Waals surface area contributed by atoms with Gasteiger partial charge >= 0.3 is 6.09 Å². The van der Waals surface area contributed by atoms with Crippen molar-refractivity contribution in [2.24, 2.45) is 15.7 Å². The Hall–Kier alpha value is -1.17. The molecule has 0 bridgehead atoms. The lowest BCUT2D eigenvalue weighted by Gasteiger charge is -2.40. The molecule has 1 saturated carbocycles. The maximum absolute atomic E-state index is 12.8. The van der Waals surface area contributed by atoms with Crippen LogP contribution in [0.5, 0.6) is 0 Å². The highest BCUT2D eigenvalue weighted by molar-refractivity contribution is 7.85. The molecule has 0 radical (unpaired) electrons. The van der Waals surface area contributed by atoms with Crippen molar-refractivity contribution < 1.29 is 13.7 Å². The van der Waals surface area contributed by atoms with Gasteiger partial charge in [0.15, 0.2) is 0 Å². The lowest BCUT2D eigenvalue weighted by atomic mass is 9.74. The average Bonchev–Trinajstić information content (AvgIpc) is 3.32. The lowest BCUT2D eigenvalue weighted by molar-refractivity contribution is 0.0160. The summed E-state index contributed by atoms with van der Waals surface area (Å²) in [5.41, 5.74) is 1.87. The number of rotatable bonds is 2. The van der Waals surface area contributed by atoms with Crippen molar-refractivity contribution in [3.8, 4) is 0 Å². The van der Waals surface area contributed by atoms with Crippen molar-refractivity contribution in [1.29, 1.82) is 0 Å². The molecule has 1 saturated heterocycles. The van der Waals surface area contributed by atoms with Crippen molar-refractivity contribution in [3.63, 3.8) is 0 Å². The van der Waals surface area contributed by atoms with Gasteiger partial charge in [0.25, 0.3) is 0 Å². The number of allylic oxidation sites excluding steroid dienone is 2. The van der Waals surface area contributed by atoms with Crippen LogP contribution >= 0.6 is 0 Å². The molecule has 6 heteroatoms. The molecule has 0 N–H and O–H groups in total. The normalized spacial score (nSPS) is 25.6. The first-order chi connectivity index (χ1) is 12.4. The third-order valence-corrected chi connectivity index (χ3v) is 6.97. The monoisotopic (exact) mass is 394 g/mol. The van der Waals surface area contributed by atoms with E-state index in [0.29, 0.717) is 19.0 Å². The van der Waals surface area contributed by atoms with Crippen LogP contribution in [0.15, 0.2) is 16.0 Å². The minimum atomic E-state index is -1.25. The summed E-state index contributed by atoms with van der Waals surface area (Å²) >= 11 is 0. The second-order valence-corrected chi connectivity index (χ2v) is 12.1. The highest BCUT2D eigenvalue weighted by Crippen LogP contribution is 2.51. The molecule has 5 nitrogen and oxygen atoms in total. The first-order valence-electron chi connectivity index (χ1n) is 10.1. The third-order valence-electron chi connectivity index (χ3n) is 5.58. The minimum absolute atomic E-state index is 0.0582. The molecule has 27 heavy (non-hydrogen) atoms. The number of hydrogen-bond donors (Lipinski definition) is 0. The Balaban J connectivity index is 1.76. The molecule has 0 aromatic heterocycles. The van der Waals surface area contributed by atoms with E-state index in [9.17, 15) is 9.00 Å². The summed E-state index contributed by atoms with van der Waals surface area (Å²) in [5, 5.41) is 0. The molecule has 1 atom stereocenters. The number of amides is 1. The summed E-state index contributed by atoms with van der Waals surface area (Å²) in [7, 11) is -1.25. The summed E-state index contributed by atoms with van der Waals surface area (Å²) in [6, 6.07) is 0. The van der Waals surface area contributed by atoms with Gasteiger partial charge in [0, 0.05) is 18.5 Å². The van der Waals surface area contributed by atoms with Crippen molar-refractivity contribution in [2.45, 2.75) is 84.0 Å². The van der Waals surface area contributed by atoms with E-state index in [0.717, 1.165) is 25.0 Å². The number of ether oxygens (including phenoxy) is 1. The molecule has 3 rings (SSSR count). The molecule has 2 aliphatic carbocycles. The van der Waals surface area contributed by atoms with Gasteiger partial charge in [-0.2, -0.15) is 4.40 Å². The zero-order valence-corrected chi connectivity index (χ0v) is 18.4. The van der Waals surface area contributed by atoms with E-state index in [1.165, 1.54) is 18.4 Å². The van der Waals surface area contributed by atoms with Gasteiger partial charge in [-0.15, -0.1) is 0 Å². The van der Waals surface area contributed by atoms with Crippen molar-refractivity contribution in [1.82, 2.24) is 4.90 Å². The molecule has 1 heterocycles. The number of hydrogen-bond acceptors (Lipinski definition) is 3. The van der Waals surface area contributed by atoms with Crippen molar-refractivity contribution in [3.05, 3.63) is 11.6 Å². The molecular weight excluding hydrogens is 360 g/mol. The largest absolute Gasteiger partial charge is 0.444 e. The maximum atomic E-state index is 12.8. The number of carbonyl (C=O) groups excluding carboxylic acids is 1. The van der Waals surface area contributed by atoms with E-state index in [1.807, 2.05) is 46.4 Å². The molecule has 0 aromatic carbocycles. The second-order valence-electron chi connectivity index (χ2n) is 10.2. The Morgan fingerprint density at radius 1 is 1.19 bits per heavy atom. The zero-order chi connectivity index (χ0) is 20.0. The maximum Gasteiger partial charge on any atom is 0.410 e. The molecular formula is C21H34N2O3S. The first-order valence-corrected chi connectivity index (χ1v) is 11.2. The van der Waals surface area contributed by atoms with E-state index >= 15 is 0 Å². The molecule has 1 spiro atoms. The zero-order valence-electron chi connectivity index (χ0n) is 17.6. The number of carbonyl (C=O) groups is 1. The van der Waals surface area contributed by atoms with E-state index < -0.39 is 16.6 Å². The van der Waals surface area contributed by atoms with E-state index in [4.69, 9.17) is 9.13 Å².